The van der Waals surface area contributed by atoms with E-state index in [0.717, 1.165) is 52.6 Å². The van der Waals surface area contributed by atoms with E-state index in [2.05, 4.69) is 17.1 Å². The second-order valence-corrected chi connectivity index (χ2v) is 3.77. The molecule has 1 fully saturated rings. The maximum Gasteiger partial charge on any atom is 0.0634 e. The molecule has 1 saturated heterocycles. The van der Waals surface area contributed by atoms with Crippen LogP contribution in [-0.4, -0.2) is 63.5 Å². The fourth-order valence-corrected chi connectivity index (χ4v) is 1.81. The molecule has 1 aliphatic heterocycles. The van der Waals surface area contributed by atoms with Gasteiger partial charge in [-0.1, -0.05) is 6.92 Å². The van der Waals surface area contributed by atoms with E-state index < -0.39 is 0 Å². The molecule has 0 aromatic carbocycles. The van der Waals surface area contributed by atoms with Crippen molar-refractivity contribution in [2.45, 2.75) is 19.9 Å². The maximum atomic E-state index is 5.49. The zero-order chi connectivity index (χ0) is 10.9. The second-order valence-electron chi connectivity index (χ2n) is 3.77. The van der Waals surface area contributed by atoms with E-state index in [9.17, 15) is 0 Å². The van der Waals surface area contributed by atoms with Gasteiger partial charge in [-0.3, -0.25) is 4.90 Å². The van der Waals surface area contributed by atoms with Crippen molar-refractivity contribution >= 4 is 0 Å². The lowest BCUT2D eigenvalue weighted by Crippen LogP contribution is -2.51. The minimum atomic E-state index is 0.513. The fourth-order valence-electron chi connectivity index (χ4n) is 1.81. The number of morpholine rings is 1. The normalized spacial score (nSPS) is 23.2. The van der Waals surface area contributed by atoms with E-state index in [1.54, 1.807) is 0 Å². The molecule has 0 bridgehead atoms. The molecule has 0 saturated carbocycles. The van der Waals surface area contributed by atoms with Gasteiger partial charge in [0.1, 0.15) is 0 Å². The van der Waals surface area contributed by atoms with Crippen molar-refractivity contribution in [3.8, 4) is 0 Å². The number of hydrogen-bond donors (Lipinski definition) is 1. The molecule has 1 N–H and O–H groups in total. The van der Waals surface area contributed by atoms with Gasteiger partial charge in [-0.25, -0.2) is 0 Å². The molecule has 0 amide bonds. The lowest BCUT2D eigenvalue weighted by molar-refractivity contribution is -0.0185. The summed E-state index contributed by atoms with van der Waals surface area (Å²) in [5.41, 5.74) is 0. The molecule has 0 aromatic rings. The first kappa shape index (κ1) is 12.9. The Kier molecular flexibility index (Phi) is 6.92. The zero-order valence-electron chi connectivity index (χ0n) is 10.00. The van der Waals surface area contributed by atoms with Crippen LogP contribution in [0.1, 0.15) is 13.8 Å². The zero-order valence-corrected chi connectivity index (χ0v) is 10.00. The van der Waals surface area contributed by atoms with Crippen LogP contribution in [-0.2, 0) is 9.47 Å². The van der Waals surface area contributed by atoms with Crippen LogP contribution in [0.25, 0.3) is 0 Å². The first-order valence-electron chi connectivity index (χ1n) is 5.98. The van der Waals surface area contributed by atoms with Gasteiger partial charge in [0.05, 0.1) is 19.8 Å². The predicted octanol–water partition coefficient (Wildman–Crippen LogP) is 0.333. The number of likely N-dealkylation sites (N-methyl/N-ethyl adjacent to an activating group) is 1. The summed E-state index contributed by atoms with van der Waals surface area (Å²) < 4.78 is 10.9. The van der Waals surface area contributed by atoms with Gasteiger partial charge < -0.3 is 14.8 Å². The Labute approximate surface area is 92.9 Å². The van der Waals surface area contributed by atoms with Gasteiger partial charge in [-0.05, 0) is 13.5 Å². The Morgan fingerprint density at radius 1 is 1.47 bits per heavy atom. The molecule has 90 valence electrons. The molecule has 4 heteroatoms. The highest BCUT2D eigenvalue weighted by Crippen LogP contribution is 2.05. The largest absolute Gasteiger partial charge is 0.380 e. The van der Waals surface area contributed by atoms with Crippen molar-refractivity contribution in [1.29, 1.82) is 0 Å². The molecule has 4 nitrogen and oxygen atoms in total. The third-order valence-corrected chi connectivity index (χ3v) is 2.71. The van der Waals surface area contributed by atoms with Crippen molar-refractivity contribution in [2.24, 2.45) is 0 Å². The van der Waals surface area contributed by atoms with Gasteiger partial charge in [-0.2, -0.15) is 0 Å². The molecule has 1 heterocycles. The number of nitrogens with one attached hydrogen (secondary N) is 1. The Balaban J connectivity index is 2.22. The minimum absolute atomic E-state index is 0.513. The van der Waals surface area contributed by atoms with Gasteiger partial charge in [0, 0.05) is 32.3 Å². The Morgan fingerprint density at radius 3 is 3.07 bits per heavy atom. The van der Waals surface area contributed by atoms with E-state index in [1.807, 2.05) is 6.92 Å². The molecular weight excluding hydrogens is 192 g/mol. The summed E-state index contributed by atoms with van der Waals surface area (Å²) in [6.45, 7) is 11.6. The van der Waals surface area contributed by atoms with Crippen molar-refractivity contribution in [1.82, 2.24) is 10.2 Å². The molecule has 1 rings (SSSR count). The Bertz CT molecular complexity index is 156. The first-order chi connectivity index (χ1) is 7.38. The highest BCUT2D eigenvalue weighted by molar-refractivity contribution is 4.76. The molecule has 0 radical (unpaired) electrons. The number of ether oxygens (including phenoxy) is 2. The van der Waals surface area contributed by atoms with Gasteiger partial charge in [0.15, 0.2) is 0 Å². The van der Waals surface area contributed by atoms with Crippen molar-refractivity contribution in [3.05, 3.63) is 0 Å². The Morgan fingerprint density at radius 2 is 2.33 bits per heavy atom. The monoisotopic (exact) mass is 216 g/mol. The first-order valence-corrected chi connectivity index (χ1v) is 5.98. The van der Waals surface area contributed by atoms with Crippen LogP contribution < -0.4 is 5.32 Å². The summed E-state index contributed by atoms with van der Waals surface area (Å²) in [4.78, 5) is 2.46. The highest BCUT2D eigenvalue weighted by Gasteiger charge is 2.21. The SMILES string of the molecule is CCNCC1COCCN1CCOCC. The maximum absolute atomic E-state index is 5.49. The van der Waals surface area contributed by atoms with Crippen molar-refractivity contribution in [2.75, 3.05) is 52.6 Å². The number of rotatable bonds is 7. The van der Waals surface area contributed by atoms with E-state index in [0.29, 0.717) is 6.04 Å². The number of nitrogens with zero attached hydrogens (tertiary/aromatic N) is 1. The van der Waals surface area contributed by atoms with E-state index in [4.69, 9.17) is 9.47 Å². The smallest absolute Gasteiger partial charge is 0.0634 e. The minimum Gasteiger partial charge on any atom is -0.380 e. The fraction of sp³-hybridized carbons (Fsp3) is 1.00. The average molecular weight is 216 g/mol. The lowest BCUT2D eigenvalue weighted by atomic mass is 10.2. The van der Waals surface area contributed by atoms with Crippen LogP contribution >= 0.6 is 0 Å². The molecule has 1 aliphatic rings. The molecule has 0 spiro atoms. The van der Waals surface area contributed by atoms with Crippen LogP contribution in [0.2, 0.25) is 0 Å². The molecule has 1 unspecified atom stereocenters. The molecule has 0 aliphatic carbocycles. The van der Waals surface area contributed by atoms with Crippen molar-refractivity contribution in [3.63, 3.8) is 0 Å². The van der Waals surface area contributed by atoms with Crippen LogP contribution in [0.4, 0.5) is 0 Å². The molecule has 1 atom stereocenters. The summed E-state index contributed by atoms with van der Waals surface area (Å²) in [7, 11) is 0. The summed E-state index contributed by atoms with van der Waals surface area (Å²) >= 11 is 0. The predicted molar refractivity (Wildman–Crippen MR) is 61.2 cm³/mol. The average Bonchev–Trinajstić information content (AvgIpc) is 2.28. The van der Waals surface area contributed by atoms with Gasteiger partial charge >= 0.3 is 0 Å². The van der Waals surface area contributed by atoms with Gasteiger partial charge in [0.25, 0.3) is 0 Å². The van der Waals surface area contributed by atoms with E-state index in [1.165, 1.54) is 0 Å². The summed E-state index contributed by atoms with van der Waals surface area (Å²) in [5.74, 6) is 0. The standard InChI is InChI=1S/C11H24N2O2/c1-3-12-9-11-10-15-8-6-13(11)5-7-14-4-2/h11-12H,3-10H2,1-2H3. The van der Waals surface area contributed by atoms with E-state index >= 15 is 0 Å². The molecular formula is C11H24N2O2. The highest BCUT2D eigenvalue weighted by atomic mass is 16.5. The molecule has 15 heavy (non-hydrogen) atoms. The quantitative estimate of drug-likeness (QED) is 0.622. The Hall–Kier alpha value is -0.160. The third kappa shape index (κ3) is 4.93. The van der Waals surface area contributed by atoms with Crippen LogP contribution in [0, 0.1) is 0 Å². The third-order valence-electron chi connectivity index (χ3n) is 2.71. The van der Waals surface area contributed by atoms with Gasteiger partial charge in [0.2, 0.25) is 0 Å². The summed E-state index contributed by atoms with van der Waals surface area (Å²) in [5, 5.41) is 3.38. The van der Waals surface area contributed by atoms with Crippen molar-refractivity contribution < 1.29 is 9.47 Å². The topological polar surface area (TPSA) is 33.7 Å². The summed E-state index contributed by atoms with van der Waals surface area (Å²) in [6, 6.07) is 0.513. The van der Waals surface area contributed by atoms with Crippen LogP contribution in [0.5, 0.6) is 0 Å². The summed E-state index contributed by atoms with van der Waals surface area (Å²) in [6.07, 6.45) is 0. The van der Waals surface area contributed by atoms with Gasteiger partial charge in [-0.15, -0.1) is 0 Å². The number of hydrogen-bond acceptors (Lipinski definition) is 4. The van der Waals surface area contributed by atoms with Crippen LogP contribution in [0.3, 0.4) is 0 Å². The van der Waals surface area contributed by atoms with E-state index in [-0.39, 0.29) is 0 Å². The van der Waals surface area contributed by atoms with Crippen LogP contribution in [0.15, 0.2) is 0 Å². The second kappa shape index (κ2) is 8.05. The lowest BCUT2D eigenvalue weighted by Gasteiger charge is -2.35. The molecule has 0 aromatic heterocycles.